The summed E-state index contributed by atoms with van der Waals surface area (Å²) in [5, 5.41) is 22.6. The van der Waals surface area contributed by atoms with Gasteiger partial charge in [0.05, 0.1) is 20.2 Å². The van der Waals surface area contributed by atoms with E-state index in [1.165, 1.54) is 26.4 Å². The number of carboxylic acids is 1. The highest BCUT2D eigenvalue weighted by Gasteiger charge is 2.34. The summed E-state index contributed by atoms with van der Waals surface area (Å²) in [6.07, 6.45) is 0. The molecule has 0 aliphatic heterocycles. The molecule has 122 valence electrons. The minimum Gasteiger partial charge on any atom is -0.546 e. The van der Waals surface area contributed by atoms with Crippen LogP contribution in [-0.2, 0) is 10.4 Å². The monoisotopic (exact) mass is 315 g/mol. The average Bonchev–Trinajstić information content (AvgIpc) is 2.53. The van der Waals surface area contributed by atoms with E-state index in [4.69, 9.17) is 9.47 Å². The molecule has 23 heavy (non-hydrogen) atoms. The summed E-state index contributed by atoms with van der Waals surface area (Å²) in [5.41, 5.74) is -0.404. The van der Waals surface area contributed by atoms with E-state index in [9.17, 15) is 15.0 Å². The highest BCUT2D eigenvalue weighted by molar-refractivity contribution is 5.82. The Morgan fingerprint density at radius 3 is 1.61 bits per heavy atom. The number of benzene rings is 2. The lowest BCUT2D eigenvalue weighted by Crippen LogP contribution is -2.46. The lowest BCUT2D eigenvalue weighted by molar-refractivity contribution is -0.322. The van der Waals surface area contributed by atoms with Crippen LogP contribution in [0.2, 0.25) is 0 Å². The molecule has 0 atom stereocenters. The normalized spacial score (nSPS) is 11.2. The van der Waals surface area contributed by atoms with Crippen LogP contribution in [0.5, 0.6) is 11.5 Å². The number of aliphatic carboxylic acids is 1. The van der Waals surface area contributed by atoms with Crippen LogP contribution in [0.1, 0.15) is 22.3 Å². The van der Waals surface area contributed by atoms with E-state index in [0.717, 1.165) is 11.1 Å². The predicted octanol–water partition coefficient (Wildman–Crippen LogP) is 1.31. The van der Waals surface area contributed by atoms with Crippen molar-refractivity contribution in [3.63, 3.8) is 0 Å². The maximum atomic E-state index is 11.7. The number of hydrogen-bond donors (Lipinski definition) is 1. The standard InChI is InChI=1S/C18H20O5/c1-11-9-13(5-7-15(11)22-3)18(21,17(19)20)14-6-8-16(23-4)12(2)10-14/h5-10,21H,1-4H3,(H,19,20)/p-1. The van der Waals surface area contributed by atoms with Crippen molar-refractivity contribution in [2.24, 2.45) is 0 Å². The van der Waals surface area contributed by atoms with Gasteiger partial charge >= 0.3 is 0 Å². The van der Waals surface area contributed by atoms with Gasteiger partial charge in [0, 0.05) is 0 Å². The molecule has 2 aromatic carbocycles. The zero-order valence-electron chi connectivity index (χ0n) is 13.5. The van der Waals surface area contributed by atoms with Crippen molar-refractivity contribution in [2.75, 3.05) is 14.2 Å². The van der Waals surface area contributed by atoms with Gasteiger partial charge in [0.2, 0.25) is 0 Å². The van der Waals surface area contributed by atoms with Crippen LogP contribution in [0.15, 0.2) is 36.4 Å². The van der Waals surface area contributed by atoms with E-state index in [1.807, 2.05) is 0 Å². The van der Waals surface area contributed by atoms with Gasteiger partial charge in [-0.3, -0.25) is 0 Å². The molecular weight excluding hydrogens is 296 g/mol. The maximum absolute atomic E-state index is 11.7. The number of methoxy groups -OCH3 is 2. The molecule has 2 rings (SSSR count). The molecule has 1 N–H and O–H groups in total. The highest BCUT2D eigenvalue weighted by atomic mass is 16.5. The first-order chi connectivity index (χ1) is 10.8. The fourth-order valence-corrected chi connectivity index (χ4v) is 2.61. The number of ether oxygens (including phenoxy) is 2. The van der Waals surface area contributed by atoms with Crippen molar-refractivity contribution >= 4 is 5.97 Å². The third-order valence-corrected chi connectivity index (χ3v) is 3.92. The Balaban J connectivity index is 2.62. The molecule has 0 radical (unpaired) electrons. The summed E-state index contributed by atoms with van der Waals surface area (Å²) >= 11 is 0. The number of aryl methyl sites for hydroxylation is 2. The van der Waals surface area contributed by atoms with Crippen LogP contribution < -0.4 is 14.6 Å². The van der Waals surface area contributed by atoms with Gasteiger partial charge in [-0.25, -0.2) is 0 Å². The molecule has 0 spiro atoms. The second-order valence-electron chi connectivity index (χ2n) is 5.37. The second kappa shape index (κ2) is 6.30. The second-order valence-corrected chi connectivity index (χ2v) is 5.37. The number of rotatable bonds is 5. The van der Waals surface area contributed by atoms with Crippen molar-refractivity contribution in [3.8, 4) is 11.5 Å². The predicted molar refractivity (Wildman–Crippen MR) is 83.5 cm³/mol. The number of hydrogen-bond acceptors (Lipinski definition) is 5. The number of carboxylic acid groups (broad SMARTS) is 1. The minimum atomic E-state index is -2.26. The molecule has 2 aromatic rings. The maximum Gasteiger partial charge on any atom is 0.154 e. The molecule has 0 fully saturated rings. The molecule has 0 saturated heterocycles. The summed E-state index contributed by atoms with van der Waals surface area (Å²) in [4.78, 5) is 11.7. The Labute approximate surface area is 135 Å². The summed E-state index contributed by atoms with van der Waals surface area (Å²) in [5.74, 6) is -0.368. The van der Waals surface area contributed by atoms with Crippen molar-refractivity contribution in [3.05, 3.63) is 58.7 Å². The van der Waals surface area contributed by atoms with Crippen LogP contribution in [0.4, 0.5) is 0 Å². The van der Waals surface area contributed by atoms with Crippen LogP contribution in [-0.4, -0.2) is 25.3 Å². The lowest BCUT2D eigenvalue weighted by atomic mass is 9.85. The van der Waals surface area contributed by atoms with E-state index in [1.54, 1.807) is 38.1 Å². The first kappa shape index (κ1) is 16.8. The summed E-state index contributed by atoms with van der Waals surface area (Å²) in [7, 11) is 3.06. The van der Waals surface area contributed by atoms with Gasteiger partial charge in [0.25, 0.3) is 0 Å². The average molecular weight is 315 g/mol. The van der Waals surface area contributed by atoms with E-state index in [2.05, 4.69) is 0 Å². The van der Waals surface area contributed by atoms with E-state index in [-0.39, 0.29) is 11.1 Å². The van der Waals surface area contributed by atoms with Crippen LogP contribution in [0.25, 0.3) is 0 Å². The Morgan fingerprint density at radius 2 is 1.35 bits per heavy atom. The molecule has 0 aliphatic carbocycles. The molecule has 5 nitrogen and oxygen atoms in total. The van der Waals surface area contributed by atoms with Crippen LogP contribution >= 0.6 is 0 Å². The van der Waals surface area contributed by atoms with Crippen molar-refractivity contribution in [2.45, 2.75) is 19.4 Å². The van der Waals surface area contributed by atoms with E-state index < -0.39 is 11.6 Å². The first-order valence-electron chi connectivity index (χ1n) is 7.08. The van der Waals surface area contributed by atoms with Gasteiger partial charge in [0.15, 0.2) is 5.60 Å². The topological polar surface area (TPSA) is 78.8 Å². The smallest absolute Gasteiger partial charge is 0.154 e. The summed E-state index contributed by atoms with van der Waals surface area (Å²) in [6, 6.07) is 9.43. The van der Waals surface area contributed by atoms with Gasteiger partial charge in [0.1, 0.15) is 11.5 Å². The quantitative estimate of drug-likeness (QED) is 0.900. The van der Waals surface area contributed by atoms with Crippen molar-refractivity contribution in [1.29, 1.82) is 0 Å². The summed E-state index contributed by atoms with van der Waals surface area (Å²) < 4.78 is 10.3. The van der Waals surface area contributed by atoms with Gasteiger partial charge in [-0.05, 0) is 60.4 Å². The Morgan fingerprint density at radius 1 is 0.957 bits per heavy atom. The molecule has 0 saturated carbocycles. The zero-order chi connectivity index (χ0) is 17.2. The molecular formula is C18H19O5-. The SMILES string of the molecule is COc1ccc(C(O)(C(=O)[O-])c2ccc(OC)c(C)c2)cc1C. The van der Waals surface area contributed by atoms with Crippen molar-refractivity contribution < 1.29 is 24.5 Å². The molecule has 0 aliphatic rings. The number of aliphatic hydroxyl groups is 1. The van der Waals surface area contributed by atoms with E-state index in [0.29, 0.717) is 11.5 Å². The van der Waals surface area contributed by atoms with Crippen LogP contribution in [0.3, 0.4) is 0 Å². The van der Waals surface area contributed by atoms with Crippen molar-refractivity contribution in [1.82, 2.24) is 0 Å². The zero-order valence-corrected chi connectivity index (χ0v) is 13.5. The third-order valence-electron chi connectivity index (χ3n) is 3.92. The first-order valence-corrected chi connectivity index (χ1v) is 7.08. The lowest BCUT2D eigenvalue weighted by Gasteiger charge is -2.31. The largest absolute Gasteiger partial charge is 0.546 e. The number of carbonyl (C=O) groups is 1. The highest BCUT2D eigenvalue weighted by Crippen LogP contribution is 2.34. The number of carbonyl (C=O) groups excluding carboxylic acids is 1. The van der Waals surface area contributed by atoms with E-state index >= 15 is 0 Å². The molecule has 0 unspecified atom stereocenters. The summed E-state index contributed by atoms with van der Waals surface area (Å²) in [6.45, 7) is 3.55. The van der Waals surface area contributed by atoms with Gasteiger partial charge in [-0.1, -0.05) is 12.1 Å². The molecule has 0 bridgehead atoms. The minimum absolute atomic E-state index is 0.209. The Kier molecular flexibility index (Phi) is 4.61. The van der Waals surface area contributed by atoms with Gasteiger partial charge < -0.3 is 24.5 Å². The van der Waals surface area contributed by atoms with Gasteiger partial charge in [-0.2, -0.15) is 0 Å². The van der Waals surface area contributed by atoms with Gasteiger partial charge in [-0.15, -0.1) is 0 Å². The molecule has 0 heterocycles. The molecule has 0 aromatic heterocycles. The fourth-order valence-electron chi connectivity index (χ4n) is 2.61. The Bertz CT molecular complexity index is 683. The Hall–Kier alpha value is -2.53. The van der Waals surface area contributed by atoms with Crippen LogP contribution in [0, 0.1) is 13.8 Å². The third kappa shape index (κ3) is 2.87. The molecule has 0 amide bonds. The molecule has 5 heteroatoms. The fraction of sp³-hybridized carbons (Fsp3) is 0.278.